The lowest BCUT2D eigenvalue weighted by atomic mass is 9.68. The summed E-state index contributed by atoms with van der Waals surface area (Å²) in [6, 6.07) is 10.9. The minimum atomic E-state index is 0.246. The van der Waals surface area contributed by atoms with Gasteiger partial charge in [-0.2, -0.15) is 0 Å². The first-order chi connectivity index (χ1) is 11.6. The molecular formula is C20H30N2O2. The Kier molecular flexibility index (Phi) is 5.57. The Hall–Kier alpha value is -1.39. The minimum Gasteiger partial charge on any atom is -0.384 e. The number of likely N-dealkylation sites (tertiary alicyclic amines) is 2. The number of methoxy groups -OCH3 is 1. The van der Waals surface area contributed by atoms with Crippen LogP contribution in [0.25, 0.3) is 0 Å². The molecule has 4 heteroatoms. The van der Waals surface area contributed by atoms with Gasteiger partial charge in [0.15, 0.2) is 0 Å². The van der Waals surface area contributed by atoms with Crippen LogP contribution in [-0.4, -0.2) is 62.7 Å². The number of nitrogens with zero attached hydrogens (tertiary/aromatic N) is 2. The Morgan fingerprint density at radius 2 is 1.96 bits per heavy atom. The Morgan fingerprint density at radius 3 is 2.62 bits per heavy atom. The topological polar surface area (TPSA) is 32.8 Å². The number of hydrogen-bond donors (Lipinski definition) is 0. The van der Waals surface area contributed by atoms with E-state index in [0.29, 0.717) is 24.4 Å². The second-order valence-electron chi connectivity index (χ2n) is 7.63. The molecule has 1 atom stereocenters. The third-order valence-electron chi connectivity index (χ3n) is 5.78. The molecule has 2 saturated heterocycles. The number of hydrogen-bond acceptors (Lipinski definition) is 3. The van der Waals surface area contributed by atoms with Crippen LogP contribution in [0.2, 0.25) is 0 Å². The van der Waals surface area contributed by atoms with E-state index < -0.39 is 0 Å². The number of likely N-dealkylation sites (N-methyl/N-ethyl adjacent to an activating group) is 1. The van der Waals surface area contributed by atoms with Crippen LogP contribution in [0, 0.1) is 5.41 Å². The maximum absolute atomic E-state index is 12.2. The predicted molar refractivity (Wildman–Crippen MR) is 96.0 cm³/mol. The van der Waals surface area contributed by atoms with Crippen LogP contribution in [0.1, 0.15) is 37.2 Å². The Labute approximate surface area is 145 Å². The van der Waals surface area contributed by atoms with Crippen molar-refractivity contribution in [1.82, 2.24) is 9.80 Å². The molecule has 3 rings (SSSR count). The fourth-order valence-electron chi connectivity index (χ4n) is 4.55. The van der Waals surface area contributed by atoms with Gasteiger partial charge in [-0.05, 0) is 43.2 Å². The smallest absolute Gasteiger partial charge is 0.224 e. The van der Waals surface area contributed by atoms with Crippen LogP contribution < -0.4 is 0 Å². The summed E-state index contributed by atoms with van der Waals surface area (Å²) in [5, 5.41) is 0. The average molecular weight is 330 g/mol. The minimum absolute atomic E-state index is 0.246. The molecule has 132 valence electrons. The van der Waals surface area contributed by atoms with Gasteiger partial charge in [0.05, 0.1) is 13.0 Å². The van der Waals surface area contributed by atoms with E-state index in [1.165, 1.54) is 12.0 Å². The van der Waals surface area contributed by atoms with Gasteiger partial charge < -0.3 is 14.5 Å². The fraction of sp³-hybridized carbons (Fsp3) is 0.650. The fourth-order valence-corrected chi connectivity index (χ4v) is 4.55. The van der Waals surface area contributed by atoms with E-state index in [0.717, 1.165) is 39.0 Å². The lowest BCUT2D eigenvalue weighted by molar-refractivity contribution is -0.135. The summed E-state index contributed by atoms with van der Waals surface area (Å²) in [7, 11) is 3.90. The molecule has 2 fully saturated rings. The van der Waals surface area contributed by atoms with Crippen LogP contribution in [-0.2, 0) is 9.53 Å². The highest BCUT2D eigenvalue weighted by Gasteiger charge is 2.41. The first-order valence-corrected chi connectivity index (χ1v) is 9.12. The monoisotopic (exact) mass is 330 g/mol. The number of benzene rings is 1. The van der Waals surface area contributed by atoms with Crippen molar-refractivity contribution in [3.05, 3.63) is 35.9 Å². The third kappa shape index (κ3) is 3.98. The first kappa shape index (κ1) is 17.4. The van der Waals surface area contributed by atoms with Gasteiger partial charge >= 0.3 is 0 Å². The first-order valence-electron chi connectivity index (χ1n) is 9.12. The van der Waals surface area contributed by atoms with Gasteiger partial charge in [-0.3, -0.25) is 4.79 Å². The molecule has 1 aromatic rings. The van der Waals surface area contributed by atoms with Crippen molar-refractivity contribution < 1.29 is 9.53 Å². The molecule has 0 radical (unpaired) electrons. The summed E-state index contributed by atoms with van der Waals surface area (Å²) >= 11 is 0. The van der Waals surface area contributed by atoms with Crippen molar-refractivity contribution in [3.63, 3.8) is 0 Å². The number of ether oxygens (including phenoxy) is 1. The van der Waals surface area contributed by atoms with Crippen molar-refractivity contribution in [2.45, 2.75) is 31.6 Å². The van der Waals surface area contributed by atoms with E-state index in [-0.39, 0.29) is 5.91 Å². The molecule has 0 saturated carbocycles. The quantitative estimate of drug-likeness (QED) is 0.851. The zero-order valence-corrected chi connectivity index (χ0v) is 15.0. The molecule has 1 aromatic carbocycles. The molecule has 2 aliphatic heterocycles. The summed E-state index contributed by atoms with van der Waals surface area (Å²) in [5.41, 5.74) is 1.83. The van der Waals surface area contributed by atoms with Gasteiger partial charge in [-0.1, -0.05) is 30.3 Å². The van der Waals surface area contributed by atoms with Gasteiger partial charge in [0.25, 0.3) is 0 Å². The van der Waals surface area contributed by atoms with Crippen molar-refractivity contribution in [1.29, 1.82) is 0 Å². The summed E-state index contributed by atoms with van der Waals surface area (Å²) < 4.78 is 5.04. The molecule has 1 spiro atoms. The summed E-state index contributed by atoms with van der Waals surface area (Å²) in [6.07, 6.45) is 4.01. The molecule has 1 amide bonds. The molecule has 0 bridgehead atoms. The van der Waals surface area contributed by atoms with Crippen molar-refractivity contribution >= 4 is 5.91 Å². The predicted octanol–water partition coefficient (Wildman–Crippen LogP) is 2.75. The zero-order valence-electron chi connectivity index (χ0n) is 15.0. The van der Waals surface area contributed by atoms with E-state index in [4.69, 9.17) is 4.74 Å². The maximum atomic E-state index is 12.2. The molecule has 2 heterocycles. The standard InChI is InChI=1S/C20H30N2O2/c1-21-15-18(17-6-4-3-5-7-17)14-20(16-21)9-11-22(12-10-20)19(23)8-13-24-2/h3-7,18H,8-16H2,1-2H3/t18-/m1/s1. The van der Waals surface area contributed by atoms with Crippen molar-refractivity contribution in [3.8, 4) is 0 Å². The molecule has 2 aliphatic rings. The number of carbonyl (C=O) groups excluding carboxylic acids is 1. The second-order valence-corrected chi connectivity index (χ2v) is 7.63. The van der Waals surface area contributed by atoms with Crippen molar-refractivity contribution in [2.75, 3.05) is 46.9 Å². The Morgan fingerprint density at radius 1 is 1.25 bits per heavy atom. The van der Waals surface area contributed by atoms with E-state index >= 15 is 0 Å². The van der Waals surface area contributed by atoms with E-state index in [1.54, 1.807) is 7.11 Å². The van der Waals surface area contributed by atoms with Crippen LogP contribution in [0.15, 0.2) is 30.3 Å². The Balaban J connectivity index is 1.63. The molecule has 0 aliphatic carbocycles. The van der Waals surface area contributed by atoms with Gasteiger partial charge in [0, 0.05) is 33.3 Å². The number of carbonyl (C=O) groups is 1. The lowest BCUT2D eigenvalue weighted by Gasteiger charge is -2.49. The summed E-state index contributed by atoms with van der Waals surface area (Å²) in [6.45, 7) is 4.63. The van der Waals surface area contributed by atoms with Gasteiger partial charge in [-0.25, -0.2) is 0 Å². The number of rotatable bonds is 4. The highest BCUT2D eigenvalue weighted by Crippen LogP contribution is 2.44. The molecule has 4 nitrogen and oxygen atoms in total. The largest absolute Gasteiger partial charge is 0.384 e. The van der Waals surface area contributed by atoms with Crippen LogP contribution >= 0.6 is 0 Å². The Bertz CT molecular complexity index is 538. The molecule has 0 unspecified atom stereocenters. The maximum Gasteiger partial charge on any atom is 0.224 e. The third-order valence-corrected chi connectivity index (χ3v) is 5.78. The molecule has 0 aromatic heterocycles. The highest BCUT2D eigenvalue weighted by molar-refractivity contribution is 5.76. The second kappa shape index (κ2) is 7.66. The van der Waals surface area contributed by atoms with Gasteiger partial charge in [-0.15, -0.1) is 0 Å². The van der Waals surface area contributed by atoms with E-state index in [2.05, 4.69) is 42.3 Å². The highest BCUT2D eigenvalue weighted by atomic mass is 16.5. The zero-order chi connectivity index (χ0) is 17.0. The van der Waals surface area contributed by atoms with Gasteiger partial charge in [0.1, 0.15) is 0 Å². The summed E-state index contributed by atoms with van der Waals surface area (Å²) in [5.74, 6) is 0.858. The molecule has 0 N–H and O–H groups in total. The van der Waals surface area contributed by atoms with Crippen molar-refractivity contribution in [2.24, 2.45) is 5.41 Å². The van der Waals surface area contributed by atoms with Gasteiger partial charge in [0.2, 0.25) is 5.91 Å². The molecule has 24 heavy (non-hydrogen) atoms. The SMILES string of the molecule is COCCC(=O)N1CCC2(CC1)C[C@@H](c1ccccc1)CN(C)C2. The lowest BCUT2D eigenvalue weighted by Crippen LogP contribution is -2.51. The van der Waals surface area contributed by atoms with Crippen LogP contribution in [0.4, 0.5) is 0 Å². The van der Waals surface area contributed by atoms with Crippen LogP contribution in [0.3, 0.4) is 0 Å². The number of piperidine rings is 2. The van der Waals surface area contributed by atoms with E-state index in [9.17, 15) is 4.79 Å². The number of amides is 1. The van der Waals surface area contributed by atoms with E-state index in [1.807, 2.05) is 4.90 Å². The average Bonchev–Trinajstić information content (AvgIpc) is 2.60. The van der Waals surface area contributed by atoms with Crippen LogP contribution in [0.5, 0.6) is 0 Å². The summed E-state index contributed by atoms with van der Waals surface area (Å²) in [4.78, 5) is 16.7. The molecular weight excluding hydrogens is 300 g/mol. The normalized spacial score (nSPS) is 24.2.